The van der Waals surface area contributed by atoms with E-state index in [-0.39, 0.29) is 11.4 Å². The summed E-state index contributed by atoms with van der Waals surface area (Å²) >= 11 is 0. The summed E-state index contributed by atoms with van der Waals surface area (Å²) in [5.41, 5.74) is 4.99. The SMILES string of the molecule is CCCC(CC)C(C)(C)C(=O)OCCCN. The molecule has 0 saturated heterocycles. The maximum Gasteiger partial charge on any atom is 0.311 e. The van der Waals surface area contributed by atoms with Crippen LogP contribution in [0.5, 0.6) is 0 Å². The van der Waals surface area contributed by atoms with Crippen LogP contribution in [0.4, 0.5) is 0 Å². The topological polar surface area (TPSA) is 52.3 Å². The third kappa shape index (κ3) is 4.52. The second-order valence-electron chi connectivity index (χ2n) is 4.89. The lowest BCUT2D eigenvalue weighted by molar-refractivity contribution is -0.157. The van der Waals surface area contributed by atoms with E-state index >= 15 is 0 Å². The van der Waals surface area contributed by atoms with Crippen LogP contribution in [0.2, 0.25) is 0 Å². The van der Waals surface area contributed by atoms with Crippen molar-refractivity contribution in [2.45, 2.75) is 53.4 Å². The van der Waals surface area contributed by atoms with Crippen LogP contribution in [0.1, 0.15) is 53.4 Å². The highest BCUT2D eigenvalue weighted by Gasteiger charge is 2.36. The number of rotatable bonds is 8. The molecule has 3 heteroatoms. The smallest absolute Gasteiger partial charge is 0.311 e. The fourth-order valence-corrected chi connectivity index (χ4v) is 2.02. The molecule has 0 heterocycles. The van der Waals surface area contributed by atoms with Gasteiger partial charge in [0.2, 0.25) is 0 Å². The van der Waals surface area contributed by atoms with Crippen LogP contribution < -0.4 is 5.73 Å². The van der Waals surface area contributed by atoms with E-state index in [2.05, 4.69) is 13.8 Å². The van der Waals surface area contributed by atoms with Gasteiger partial charge in [0.25, 0.3) is 0 Å². The lowest BCUT2D eigenvalue weighted by Gasteiger charge is -2.31. The molecule has 0 aliphatic heterocycles. The summed E-state index contributed by atoms with van der Waals surface area (Å²) in [6.45, 7) is 9.28. The van der Waals surface area contributed by atoms with E-state index in [1.54, 1.807) is 0 Å². The molecule has 0 aromatic heterocycles. The van der Waals surface area contributed by atoms with Crippen molar-refractivity contribution in [3.05, 3.63) is 0 Å². The molecule has 3 nitrogen and oxygen atoms in total. The maximum atomic E-state index is 12.0. The molecule has 0 aliphatic carbocycles. The number of hydrogen-bond acceptors (Lipinski definition) is 3. The van der Waals surface area contributed by atoms with Crippen LogP contribution in [0.15, 0.2) is 0 Å². The Morgan fingerprint density at radius 2 is 2.00 bits per heavy atom. The molecule has 0 saturated carbocycles. The third-order valence-corrected chi connectivity index (χ3v) is 3.26. The van der Waals surface area contributed by atoms with Gasteiger partial charge in [-0.15, -0.1) is 0 Å². The zero-order chi connectivity index (χ0) is 12.6. The average molecular weight is 229 g/mol. The first kappa shape index (κ1) is 15.4. The molecule has 0 spiro atoms. The van der Waals surface area contributed by atoms with Crippen molar-refractivity contribution in [3.63, 3.8) is 0 Å². The van der Waals surface area contributed by atoms with Crippen LogP contribution in [0, 0.1) is 11.3 Å². The molecule has 0 fully saturated rings. The second kappa shape index (κ2) is 7.66. The molecule has 0 aromatic rings. The fraction of sp³-hybridized carbons (Fsp3) is 0.923. The van der Waals surface area contributed by atoms with Gasteiger partial charge in [-0.3, -0.25) is 4.79 Å². The van der Waals surface area contributed by atoms with Crippen LogP contribution in [-0.4, -0.2) is 19.1 Å². The Morgan fingerprint density at radius 1 is 1.38 bits per heavy atom. The number of carbonyl (C=O) groups excluding carboxylic acids is 1. The Morgan fingerprint density at radius 3 is 2.44 bits per heavy atom. The standard InChI is InChI=1S/C13H27NO2/c1-5-8-11(6-2)13(3,4)12(15)16-10-7-9-14/h11H,5-10,14H2,1-4H3. The lowest BCUT2D eigenvalue weighted by Crippen LogP contribution is -2.34. The van der Waals surface area contributed by atoms with Gasteiger partial charge in [-0.2, -0.15) is 0 Å². The van der Waals surface area contributed by atoms with Gasteiger partial charge in [-0.25, -0.2) is 0 Å². The molecule has 0 radical (unpaired) electrons. The predicted molar refractivity (Wildman–Crippen MR) is 67.1 cm³/mol. The van der Waals surface area contributed by atoms with E-state index in [0.29, 0.717) is 19.1 Å². The van der Waals surface area contributed by atoms with Gasteiger partial charge in [-0.1, -0.05) is 26.7 Å². The number of ether oxygens (including phenoxy) is 1. The molecule has 96 valence electrons. The molecule has 1 unspecified atom stereocenters. The highest BCUT2D eigenvalue weighted by atomic mass is 16.5. The summed E-state index contributed by atoms with van der Waals surface area (Å²) in [6.07, 6.45) is 3.95. The minimum atomic E-state index is -0.376. The minimum Gasteiger partial charge on any atom is -0.465 e. The second-order valence-corrected chi connectivity index (χ2v) is 4.89. The predicted octanol–water partition coefficient (Wildman–Crippen LogP) is 2.73. The Balaban J connectivity index is 4.31. The molecule has 0 aliphatic rings. The van der Waals surface area contributed by atoms with E-state index in [4.69, 9.17) is 10.5 Å². The van der Waals surface area contributed by atoms with Crippen molar-refractivity contribution in [3.8, 4) is 0 Å². The summed E-state index contributed by atoms with van der Waals surface area (Å²) in [7, 11) is 0. The Bertz CT molecular complexity index is 202. The van der Waals surface area contributed by atoms with E-state index in [1.807, 2.05) is 13.8 Å². The van der Waals surface area contributed by atoms with Gasteiger partial charge in [0, 0.05) is 0 Å². The highest BCUT2D eigenvalue weighted by molar-refractivity contribution is 5.76. The summed E-state index contributed by atoms with van der Waals surface area (Å²) in [5, 5.41) is 0. The fourth-order valence-electron chi connectivity index (χ4n) is 2.02. The molecule has 0 rings (SSSR count). The van der Waals surface area contributed by atoms with Crippen molar-refractivity contribution in [2.75, 3.05) is 13.2 Å². The highest BCUT2D eigenvalue weighted by Crippen LogP contribution is 2.34. The Kier molecular flexibility index (Phi) is 7.39. The van der Waals surface area contributed by atoms with Gasteiger partial charge < -0.3 is 10.5 Å². The summed E-state index contributed by atoms with van der Waals surface area (Å²) < 4.78 is 5.26. The molecule has 2 N–H and O–H groups in total. The van der Waals surface area contributed by atoms with Gasteiger partial charge in [0.1, 0.15) is 0 Å². The van der Waals surface area contributed by atoms with Crippen molar-refractivity contribution in [2.24, 2.45) is 17.1 Å². The molecule has 1 atom stereocenters. The molecule has 0 aromatic carbocycles. The minimum absolute atomic E-state index is 0.0822. The maximum absolute atomic E-state index is 12.0. The van der Waals surface area contributed by atoms with Crippen LogP contribution in [0.25, 0.3) is 0 Å². The first-order valence-electron chi connectivity index (χ1n) is 6.37. The number of carbonyl (C=O) groups is 1. The van der Waals surface area contributed by atoms with Gasteiger partial charge in [0.05, 0.1) is 12.0 Å². The summed E-state index contributed by atoms with van der Waals surface area (Å²) in [4.78, 5) is 12.0. The Labute approximate surface area is 99.7 Å². The van der Waals surface area contributed by atoms with E-state index in [0.717, 1.165) is 25.7 Å². The number of hydrogen-bond donors (Lipinski definition) is 1. The lowest BCUT2D eigenvalue weighted by atomic mass is 9.75. The number of esters is 1. The van der Waals surface area contributed by atoms with Crippen LogP contribution in [0.3, 0.4) is 0 Å². The first-order chi connectivity index (χ1) is 7.50. The van der Waals surface area contributed by atoms with Gasteiger partial charge in [-0.05, 0) is 39.2 Å². The third-order valence-electron chi connectivity index (χ3n) is 3.26. The molecule has 0 amide bonds. The van der Waals surface area contributed by atoms with E-state index in [1.165, 1.54) is 0 Å². The molecule has 16 heavy (non-hydrogen) atoms. The zero-order valence-electron chi connectivity index (χ0n) is 11.2. The Hall–Kier alpha value is -0.570. The van der Waals surface area contributed by atoms with Crippen LogP contribution >= 0.6 is 0 Å². The molecule has 0 bridgehead atoms. The van der Waals surface area contributed by atoms with E-state index < -0.39 is 0 Å². The molecular weight excluding hydrogens is 202 g/mol. The normalized spacial score (nSPS) is 13.6. The number of nitrogens with two attached hydrogens (primary N) is 1. The van der Waals surface area contributed by atoms with E-state index in [9.17, 15) is 4.79 Å². The van der Waals surface area contributed by atoms with Crippen LogP contribution in [-0.2, 0) is 9.53 Å². The van der Waals surface area contributed by atoms with Gasteiger partial charge >= 0.3 is 5.97 Å². The summed E-state index contributed by atoms with van der Waals surface area (Å²) in [5.74, 6) is 0.323. The van der Waals surface area contributed by atoms with Crippen molar-refractivity contribution >= 4 is 5.97 Å². The quantitative estimate of drug-likeness (QED) is 0.514. The monoisotopic (exact) mass is 229 g/mol. The zero-order valence-corrected chi connectivity index (χ0v) is 11.2. The van der Waals surface area contributed by atoms with Crippen molar-refractivity contribution in [1.82, 2.24) is 0 Å². The first-order valence-corrected chi connectivity index (χ1v) is 6.37. The van der Waals surface area contributed by atoms with Crippen molar-refractivity contribution in [1.29, 1.82) is 0 Å². The summed E-state index contributed by atoms with van der Waals surface area (Å²) in [6, 6.07) is 0. The molecular formula is C13H27NO2. The largest absolute Gasteiger partial charge is 0.465 e. The average Bonchev–Trinajstić information content (AvgIpc) is 2.25. The van der Waals surface area contributed by atoms with Crippen molar-refractivity contribution < 1.29 is 9.53 Å². The van der Waals surface area contributed by atoms with Gasteiger partial charge in [0.15, 0.2) is 0 Å².